The van der Waals surface area contributed by atoms with Crippen LogP contribution >= 0.6 is 15.9 Å². The van der Waals surface area contributed by atoms with Crippen molar-refractivity contribution in [3.05, 3.63) is 28.5 Å². The molecule has 1 atom stereocenters. The molecule has 1 aliphatic heterocycles. The number of rotatable bonds is 1. The van der Waals surface area contributed by atoms with Gasteiger partial charge in [0.15, 0.2) is 0 Å². The summed E-state index contributed by atoms with van der Waals surface area (Å²) < 4.78 is 0.699. The number of aromatic nitrogens is 1. The van der Waals surface area contributed by atoms with Gasteiger partial charge in [0.2, 0.25) is 0 Å². The average Bonchev–Trinajstić information content (AvgIpc) is 2.28. The second kappa shape index (κ2) is 5.14. The van der Waals surface area contributed by atoms with Gasteiger partial charge in [-0.2, -0.15) is 0 Å². The van der Waals surface area contributed by atoms with Gasteiger partial charge in [0.1, 0.15) is 4.60 Å². The number of halogens is 1. The van der Waals surface area contributed by atoms with Gasteiger partial charge in [-0.25, -0.2) is 4.98 Å². The first-order chi connectivity index (χ1) is 8.08. The minimum atomic E-state index is 0.0914. The number of amides is 1. The van der Waals surface area contributed by atoms with Crippen molar-refractivity contribution in [3.8, 4) is 0 Å². The van der Waals surface area contributed by atoms with Crippen LogP contribution in [-0.4, -0.2) is 53.4 Å². The van der Waals surface area contributed by atoms with Gasteiger partial charge in [-0.05, 0) is 42.0 Å². The molecule has 0 aromatic carbocycles. The van der Waals surface area contributed by atoms with E-state index in [2.05, 4.69) is 39.8 Å². The molecule has 4 nitrogen and oxygen atoms in total. The van der Waals surface area contributed by atoms with Crippen LogP contribution in [0.25, 0.3) is 0 Å². The largest absolute Gasteiger partial charge is 0.333 e. The number of hydrogen-bond acceptors (Lipinski definition) is 3. The molecule has 0 aliphatic carbocycles. The summed E-state index contributed by atoms with van der Waals surface area (Å²) in [4.78, 5) is 20.5. The molecule has 92 valence electrons. The van der Waals surface area contributed by atoms with Crippen LogP contribution in [0.1, 0.15) is 17.3 Å². The molecule has 1 fully saturated rings. The van der Waals surface area contributed by atoms with Crippen LogP contribution in [0.4, 0.5) is 0 Å². The molecule has 0 spiro atoms. The summed E-state index contributed by atoms with van der Waals surface area (Å²) >= 11 is 3.29. The Kier molecular flexibility index (Phi) is 3.79. The van der Waals surface area contributed by atoms with Crippen molar-refractivity contribution < 1.29 is 4.79 Å². The maximum absolute atomic E-state index is 12.3. The highest BCUT2D eigenvalue weighted by molar-refractivity contribution is 9.10. The Labute approximate surface area is 110 Å². The van der Waals surface area contributed by atoms with Crippen molar-refractivity contribution >= 4 is 21.8 Å². The molecule has 1 saturated heterocycles. The molecule has 0 radical (unpaired) electrons. The highest BCUT2D eigenvalue weighted by atomic mass is 79.9. The van der Waals surface area contributed by atoms with Crippen molar-refractivity contribution in [1.29, 1.82) is 0 Å². The number of nitrogens with zero attached hydrogens (tertiary/aromatic N) is 3. The molecule has 5 heteroatoms. The summed E-state index contributed by atoms with van der Waals surface area (Å²) in [6.45, 7) is 4.74. The van der Waals surface area contributed by atoms with Crippen LogP contribution in [0.15, 0.2) is 22.9 Å². The van der Waals surface area contributed by atoms with Gasteiger partial charge in [0, 0.05) is 37.4 Å². The number of piperazine rings is 1. The van der Waals surface area contributed by atoms with E-state index in [0.717, 1.165) is 19.6 Å². The zero-order valence-corrected chi connectivity index (χ0v) is 11.6. The van der Waals surface area contributed by atoms with Gasteiger partial charge in [0.05, 0.1) is 0 Å². The van der Waals surface area contributed by atoms with E-state index in [4.69, 9.17) is 0 Å². The third-order valence-corrected chi connectivity index (χ3v) is 3.50. The molecular formula is C12H16BrN3O. The molecule has 1 aliphatic rings. The Morgan fingerprint density at radius 3 is 2.94 bits per heavy atom. The molecule has 2 heterocycles. The van der Waals surface area contributed by atoms with Crippen LogP contribution in [-0.2, 0) is 0 Å². The second-order valence-corrected chi connectivity index (χ2v) is 5.29. The average molecular weight is 298 g/mol. The van der Waals surface area contributed by atoms with Crippen LogP contribution in [0.5, 0.6) is 0 Å². The summed E-state index contributed by atoms with van der Waals surface area (Å²) in [6, 6.07) is 3.79. The summed E-state index contributed by atoms with van der Waals surface area (Å²) in [5, 5.41) is 0. The normalized spacial score (nSPS) is 21.6. The van der Waals surface area contributed by atoms with E-state index >= 15 is 0 Å². The zero-order chi connectivity index (χ0) is 12.4. The third-order valence-electron chi connectivity index (χ3n) is 3.06. The lowest BCUT2D eigenvalue weighted by molar-refractivity contribution is 0.0533. The Morgan fingerprint density at radius 1 is 1.53 bits per heavy atom. The lowest BCUT2D eigenvalue weighted by atomic mass is 10.1. The fourth-order valence-corrected chi connectivity index (χ4v) is 2.51. The molecule has 2 rings (SSSR count). The van der Waals surface area contributed by atoms with Gasteiger partial charge in [-0.3, -0.25) is 4.79 Å². The molecule has 1 amide bonds. The molecule has 17 heavy (non-hydrogen) atoms. The third kappa shape index (κ3) is 2.84. The van der Waals surface area contributed by atoms with Crippen molar-refractivity contribution in [2.24, 2.45) is 0 Å². The van der Waals surface area contributed by atoms with Gasteiger partial charge in [0.25, 0.3) is 5.91 Å². The number of carbonyl (C=O) groups is 1. The van der Waals surface area contributed by atoms with Crippen molar-refractivity contribution in [3.63, 3.8) is 0 Å². The van der Waals surface area contributed by atoms with Crippen LogP contribution in [0.2, 0.25) is 0 Å². The molecule has 0 N–H and O–H groups in total. The minimum Gasteiger partial charge on any atom is -0.333 e. The van der Waals surface area contributed by atoms with Crippen LogP contribution in [0, 0.1) is 0 Å². The van der Waals surface area contributed by atoms with Gasteiger partial charge in [-0.1, -0.05) is 0 Å². The minimum absolute atomic E-state index is 0.0914. The second-order valence-electron chi connectivity index (χ2n) is 4.48. The highest BCUT2D eigenvalue weighted by Crippen LogP contribution is 2.15. The van der Waals surface area contributed by atoms with Crippen LogP contribution in [0.3, 0.4) is 0 Å². The molecule has 0 saturated carbocycles. The van der Waals surface area contributed by atoms with E-state index in [1.807, 2.05) is 4.90 Å². The SMILES string of the molecule is CC1CN(C)CCN1C(=O)c1ccnc(Br)c1. The van der Waals surface area contributed by atoms with Gasteiger partial charge < -0.3 is 9.80 Å². The van der Waals surface area contributed by atoms with Crippen LogP contribution < -0.4 is 0 Å². The number of pyridine rings is 1. The first-order valence-electron chi connectivity index (χ1n) is 5.69. The highest BCUT2D eigenvalue weighted by Gasteiger charge is 2.26. The summed E-state index contributed by atoms with van der Waals surface area (Å²) in [5.41, 5.74) is 0.697. The number of likely N-dealkylation sites (N-methyl/N-ethyl adjacent to an activating group) is 1. The van der Waals surface area contributed by atoms with Crippen molar-refractivity contribution in [1.82, 2.24) is 14.8 Å². The standard InChI is InChI=1S/C12H16BrN3O/c1-9-8-15(2)5-6-16(9)12(17)10-3-4-14-11(13)7-10/h3-4,7,9H,5-6,8H2,1-2H3. The molecular weight excluding hydrogens is 282 g/mol. The van der Waals surface area contributed by atoms with Crippen molar-refractivity contribution in [2.45, 2.75) is 13.0 Å². The zero-order valence-electron chi connectivity index (χ0n) is 10.1. The Bertz CT molecular complexity index is 424. The Hall–Kier alpha value is -0.940. The lowest BCUT2D eigenvalue weighted by Gasteiger charge is -2.38. The summed E-state index contributed by atoms with van der Waals surface area (Å²) in [6.07, 6.45) is 1.65. The Morgan fingerprint density at radius 2 is 2.29 bits per heavy atom. The van der Waals surface area contributed by atoms with E-state index in [-0.39, 0.29) is 11.9 Å². The lowest BCUT2D eigenvalue weighted by Crippen LogP contribution is -2.52. The molecule has 1 unspecified atom stereocenters. The predicted octanol–water partition coefficient (Wildman–Crippen LogP) is 1.62. The van der Waals surface area contributed by atoms with E-state index in [1.165, 1.54) is 0 Å². The molecule has 0 bridgehead atoms. The maximum atomic E-state index is 12.3. The van der Waals surface area contributed by atoms with E-state index in [9.17, 15) is 4.79 Å². The summed E-state index contributed by atoms with van der Waals surface area (Å²) in [5.74, 6) is 0.0914. The smallest absolute Gasteiger partial charge is 0.254 e. The summed E-state index contributed by atoms with van der Waals surface area (Å²) in [7, 11) is 2.08. The fourth-order valence-electron chi connectivity index (χ4n) is 2.14. The van der Waals surface area contributed by atoms with Crippen molar-refractivity contribution in [2.75, 3.05) is 26.7 Å². The number of carbonyl (C=O) groups excluding carboxylic acids is 1. The molecule has 1 aromatic rings. The van der Waals surface area contributed by atoms with E-state index < -0.39 is 0 Å². The quantitative estimate of drug-likeness (QED) is 0.739. The monoisotopic (exact) mass is 297 g/mol. The Balaban J connectivity index is 2.15. The first kappa shape index (κ1) is 12.5. The first-order valence-corrected chi connectivity index (χ1v) is 6.48. The predicted molar refractivity (Wildman–Crippen MR) is 69.9 cm³/mol. The van der Waals surface area contributed by atoms with Gasteiger partial charge in [-0.15, -0.1) is 0 Å². The van der Waals surface area contributed by atoms with E-state index in [0.29, 0.717) is 10.2 Å². The maximum Gasteiger partial charge on any atom is 0.254 e. The molecule has 1 aromatic heterocycles. The van der Waals surface area contributed by atoms with Gasteiger partial charge >= 0.3 is 0 Å². The number of hydrogen-bond donors (Lipinski definition) is 0. The fraction of sp³-hybridized carbons (Fsp3) is 0.500. The topological polar surface area (TPSA) is 36.4 Å². The van der Waals surface area contributed by atoms with E-state index in [1.54, 1.807) is 18.3 Å².